The molecular formula is C26H21N5O2S. The van der Waals surface area contributed by atoms with E-state index in [0.29, 0.717) is 18.5 Å². The molecule has 0 saturated heterocycles. The zero-order valence-corrected chi connectivity index (χ0v) is 19.0. The molecule has 8 heteroatoms. The van der Waals surface area contributed by atoms with Gasteiger partial charge in [0.1, 0.15) is 10.7 Å². The third kappa shape index (κ3) is 3.57. The molecule has 0 spiro atoms. The van der Waals surface area contributed by atoms with E-state index in [-0.39, 0.29) is 11.4 Å². The van der Waals surface area contributed by atoms with Crippen molar-refractivity contribution in [2.75, 3.05) is 11.9 Å². The van der Waals surface area contributed by atoms with Crippen molar-refractivity contribution in [1.29, 1.82) is 0 Å². The number of aromatic nitrogens is 3. The number of nitrogens with one attached hydrogen (secondary N) is 1. The number of benzene rings is 2. The van der Waals surface area contributed by atoms with Gasteiger partial charge >= 0.3 is 0 Å². The van der Waals surface area contributed by atoms with Crippen LogP contribution in [0.15, 0.2) is 90.2 Å². The molecule has 7 nitrogen and oxygen atoms in total. The van der Waals surface area contributed by atoms with Gasteiger partial charge in [-0.3, -0.25) is 9.97 Å². The summed E-state index contributed by atoms with van der Waals surface area (Å²) in [6.07, 6.45) is 5.68. The normalized spacial score (nSPS) is 14.2. The first-order valence-corrected chi connectivity index (χ1v) is 12.5. The Morgan fingerprint density at radius 3 is 2.65 bits per heavy atom. The molecule has 0 bridgehead atoms. The Morgan fingerprint density at radius 1 is 0.853 bits per heavy atom. The van der Waals surface area contributed by atoms with E-state index in [9.17, 15) is 8.42 Å². The van der Waals surface area contributed by atoms with E-state index in [0.717, 1.165) is 38.9 Å². The summed E-state index contributed by atoms with van der Waals surface area (Å²) in [6, 6.07) is 20.8. The first-order valence-electron chi connectivity index (χ1n) is 11.0. The maximum Gasteiger partial charge on any atom is 0.245 e. The maximum absolute atomic E-state index is 13.6. The lowest BCUT2D eigenvalue weighted by atomic mass is 10.0. The van der Waals surface area contributed by atoms with E-state index in [1.54, 1.807) is 30.7 Å². The Hall–Kier alpha value is -3.88. The summed E-state index contributed by atoms with van der Waals surface area (Å²) in [5.74, 6) is 0.735. The average Bonchev–Trinajstić information content (AvgIpc) is 2.88. The van der Waals surface area contributed by atoms with Crippen LogP contribution in [-0.4, -0.2) is 34.2 Å². The second-order valence-electron chi connectivity index (χ2n) is 8.26. The Bertz CT molecular complexity index is 1650. The van der Waals surface area contributed by atoms with Gasteiger partial charge in [0.05, 0.1) is 22.9 Å². The number of anilines is 2. The Labute approximate surface area is 197 Å². The van der Waals surface area contributed by atoms with Crippen LogP contribution in [0.5, 0.6) is 0 Å². The molecule has 0 aliphatic carbocycles. The molecule has 0 fully saturated rings. The first-order chi connectivity index (χ1) is 16.6. The predicted molar refractivity (Wildman–Crippen MR) is 132 cm³/mol. The van der Waals surface area contributed by atoms with Crippen molar-refractivity contribution in [3.05, 3.63) is 96.4 Å². The topological polar surface area (TPSA) is 88.1 Å². The van der Waals surface area contributed by atoms with Crippen molar-refractivity contribution in [1.82, 2.24) is 19.3 Å². The quantitative estimate of drug-likeness (QED) is 0.413. The molecule has 1 N–H and O–H groups in total. The summed E-state index contributed by atoms with van der Waals surface area (Å²) < 4.78 is 28.6. The van der Waals surface area contributed by atoms with Gasteiger partial charge in [0.15, 0.2) is 0 Å². The number of nitrogens with zero attached hydrogens (tertiary/aromatic N) is 4. The molecule has 0 atom stereocenters. The summed E-state index contributed by atoms with van der Waals surface area (Å²) in [5, 5.41) is 5.23. The van der Waals surface area contributed by atoms with Gasteiger partial charge in [0.2, 0.25) is 10.0 Å². The minimum atomic E-state index is -3.71. The van der Waals surface area contributed by atoms with Crippen molar-refractivity contribution in [3.63, 3.8) is 0 Å². The molecule has 3 aromatic heterocycles. The lowest BCUT2D eigenvalue weighted by Crippen LogP contribution is -2.36. The van der Waals surface area contributed by atoms with E-state index in [1.165, 1.54) is 4.31 Å². The fraction of sp³-hybridized carbons (Fsp3) is 0.115. The van der Waals surface area contributed by atoms with Crippen molar-refractivity contribution in [2.24, 2.45) is 0 Å². The third-order valence-corrected chi connectivity index (χ3v) is 8.05. The van der Waals surface area contributed by atoms with Crippen LogP contribution in [0.4, 0.5) is 11.5 Å². The zero-order chi connectivity index (χ0) is 23.1. The van der Waals surface area contributed by atoms with Gasteiger partial charge in [0, 0.05) is 41.8 Å². The summed E-state index contributed by atoms with van der Waals surface area (Å²) >= 11 is 0. The predicted octanol–water partition coefficient (Wildman–Crippen LogP) is 4.67. The Morgan fingerprint density at radius 2 is 1.71 bits per heavy atom. The summed E-state index contributed by atoms with van der Waals surface area (Å²) in [4.78, 5) is 13.6. The molecule has 0 radical (unpaired) electrons. The second kappa shape index (κ2) is 8.16. The van der Waals surface area contributed by atoms with Gasteiger partial charge in [-0.15, -0.1) is 0 Å². The van der Waals surface area contributed by atoms with Crippen LogP contribution in [0.2, 0.25) is 0 Å². The molecule has 1 aliphatic heterocycles. The SMILES string of the molecule is O=S(=O)(c1cccc2cccnc12)N1CCc2c(ccnc2Nc2cnc3ccccc3c2)C1. The number of fused-ring (bicyclic) bond motifs is 3. The van der Waals surface area contributed by atoms with Crippen LogP contribution in [-0.2, 0) is 23.0 Å². The summed E-state index contributed by atoms with van der Waals surface area (Å²) in [6.45, 7) is 0.656. The minimum absolute atomic E-state index is 0.240. The number of rotatable bonds is 4. The van der Waals surface area contributed by atoms with E-state index in [2.05, 4.69) is 20.3 Å². The van der Waals surface area contributed by atoms with Crippen molar-refractivity contribution >= 4 is 43.3 Å². The van der Waals surface area contributed by atoms with Gasteiger partial charge in [-0.1, -0.05) is 36.4 Å². The fourth-order valence-corrected chi connectivity index (χ4v) is 6.06. The fourth-order valence-electron chi connectivity index (χ4n) is 4.48. The van der Waals surface area contributed by atoms with Crippen molar-refractivity contribution < 1.29 is 8.42 Å². The molecule has 0 amide bonds. The van der Waals surface area contributed by atoms with Crippen LogP contribution in [0.3, 0.4) is 0 Å². The molecule has 168 valence electrons. The Balaban J connectivity index is 1.31. The lowest BCUT2D eigenvalue weighted by Gasteiger charge is -2.29. The standard InChI is InChI=1S/C26H21N5O2S/c32-34(33,24-9-3-6-18-7-4-12-27-25(18)24)31-14-11-22-20(17-31)10-13-28-26(22)30-21-15-19-5-1-2-8-23(19)29-16-21/h1-10,12-13,15-16H,11,14,17H2,(H,28,30). The second-order valence-corrected chi connectivity index (χ2v) is 10.2. The van der Waals surface area contributed by atoms with Crippen LogP contribution in [0.25, 0.3) is 21.8 Å². The number of pyridine rings is 3. The number of hydrogen-bond acceptors (Lipinski definition) is 6. The monoisotopic (exact) mass is 467 g/mol. The number of hydrogen-bond donors (Lipinski definition) is 1. The Kier molecular flexibility index (Phi) is 4.97. The van der Waals surface area contributed by atoms with Gasteiger partial charge < -0.3 is 5.32 Å². The molecule has 1 aliphatic rings. The van der Waals surface area contributed by atoms with Gasteiger partial charge in [-0.2, -0.15) is 4.31 Å². The minimum Gasteiger partial charge on any atom is -0.339 e. The highest BCUT2D eigenvalue weighted by atomic mass is 32.2. The van der Waals surface area contributed by atoms with E-state index >= 15 is 0 Å². The smallest absolute Gasteiger partial charge is 0.245 e. The highest BCUT2D eigenvalue weighted by Gasteiger charge is 2.31. The molecule has 5 aromatic rings. The maximum atomic E-state index is 13.6. The molecule has 4 heterocycles. The van der Waals surface area contributed by atoms with E-state index in [1.807, 2.05) is 54.6 Å². The number of sulfonamides is 1. The molecule has 6 rings (SSSR count). The molecule has 0 unspecified atom stereocenters. The highest BCUT2D eigenvalue weighted by Crippen LogP contribution is 2.31. The zero-order valence-electron chi connectivity index (χ0n) is 18.2. The van der Waals surface area contributed by atoms with Gasteiger partial charge in [0.25, 0.3) is 0 Å². The average molecular weight is 468 g/mol. The van der Waals surface area contributed by atoms with Crippen LogP contribution in [0, 0.1) is 0 Å². The van der Waals surface area contributed by atoms with Crippen LogP contribution >= 0.6 is 0 Å². The largest absolute Gasteiger partial charge is 0.339 e. The lowest BCUT2D eigenvalue weighted by molar-refractivity contribution is 0.391. The van der Waals surface area contributed by atoms with Crippen molar-refractivity contribution in [3.8, 4) is 0 Å². The van der Waals surface area contributed by atoms with Gasteiger partial charge in [-0.05, 0) is 42.3 Å². The third-order valence-electron chi connectivity index (χ3n) is 6.18. The van der Waals surface area contributed by atoms with Crippen LogP contribution < -0.4 is 5.32 Å². The van der Waals surface area contributed by atoms with Crippen LogP contribution in [0.1, 0.15) is 11.1 Å². The van der Waals surface area contributed by atoms with Crippen molar-refractivity contribution in [2.45, 2.75) is 17.9 Å². The number of para-hydroxylation sites is 2. The summed E-state index contributed by atoms with van der Waals surface area (Å²) in [7, 11) is -3.71. The molecule has 34 heavy (non-hydrogen) atoms. The highest BCUT2D eigenvalue weighted by molar-refractivity contribution is 7.89. The van der Waals surface area contributed by atoms with E-state index < -0.39 is 10.0 Å². The van der Waals surface area contributed by atoms with E-state index in [4.69, 9.17) is 0 Å². The molecule has 2 aromatic carbocycles. The summed E-state index contributed by atoms with van der Waals surface area (Å²) in [5.41, 5.74) is 4.24. The first kappa shape index (κ1) is 20.7. The van der Waals surface area contributed by atoms with Gasteiger partial charge in [-0.25, -0.2) is 13.4 Å². The molecule has 0 saturated carbocycles. The molecular weight excluding hydrogens is 446 g/mol.